The fraction of sp³-hybridized carbons (Fsp3) is 0.737. The first kappa shape index (κ1) is 28.7. The highest BCUT2D eigenvalue weighted by molar-refractivity contribution is 7.80. The third kappa shape index (κ3) is 10.5. The molecule has 0 aromatic heterocycles. The van der Waals surface area contributed by atoms with Crippen LogP contribution in [0, 0.1) is 11.8 Å². The number of nitrogens with two attached hydrogens (primary N) is 2. The summed E-state index contributed by atoms with van der Waals surface area (Å²) < 4.78 is 0. The quantitative estimate of drug-likeness (QED) is 0.157. The van der Waals surface area contributed by atoms with Gasteiger partial charge in [-0.2, -0.15) is 12.6 Å². The van der Waals surface area contributed by atoms with Crippen LogP contribution in [0.1, 0.15) is 47.0 Å². The van der Waals surface area contributed by atoms with Crippen LogP contribution in [-0.2, 0) is 24.0 Å². The second-order valence-corrected chi connectivity index (χ2v) is 8.29. The summed E-state index contributed by atoms with van der Waals surface area (Å²) in [7, 11) is 0. The highest BCUT2D eigenvalue weighted by Crippen LogP contribution is 2.09. The van der Waals surface area contributed by atoms with Crippen LogP contribution in [0.25, 0.3) is 0 Å². The van der Waals surface area contributed by atoms with Crippen LogP contribution in [0.3, 0.4) is 0 Å². The summed E-state index contributed by atoms with van der Waals surface area (Å²) in [5, 5.41) is 16.5. The number of carbonyl (C=O) groups is 5. The molecule has 0 aliphatic heterocycles. The maximum atomic E-state index is 12.6. The van der Waals surface area contributed by atoms with Gasteiger partial charge in [0.25, 0.3) is 0 Å². The molecule has 11 nitrogen and oxygen atoms in total. The lowest BCUT2D eigenvalue weighted by Gasteiger charge is -2.25. The number of aliphatic carboxylic acids is 1. The Labute approximate surface area is 187 Å². The molecule has 31 heavy (non-hydrogen) atoms. The van der Waals surface area contributed by atoms with E-state index in [-0.39, 0.29) is 11.7 Å². The van der Waals surface area contributed by atoms with Crippen LogP contribution < -0.4 is 27.4 Å². The number of carboxylic acids is 1. The largest absolute Gasteiger partial charge is 0.480 e. The van der Waals surface area contributed by atoms with E-state index in [1.54, 1.807) is 13.8 Å². The van der Waals surface area contributed by atoms with E-state index in [0.29, 0.717) is 12.8 Å². The first-order chi connectivity index (χ1) is 14.3. The molecular weight excluding hydrogens is 426 g/mol. The standard InChI is InChI=1S/C19H35N5O6S/c1-5-10(4)15(19(29)30)24-17(27)12(7-14(21)25)22-18(28)13(8-31)23-16(26)11(20)6-9(2)3/h9-13,15,31H,5-8,20H2,1-4H3,(H2,21,25)(H,22,28)(H,23,26)(H,24,27)(H,29,30). The zero-order chi connectivity index (χ0) is 24.3. The lowest BCUT2D eigenvalue weighted by molar-refractivity contribution is -0.144. The predicted octanol–water partition coefficient (Wildman–Crippen LogP) is -1.25. The summed E-state index contributed by atoms with van der Waals surface area (Å²) in [5.41, 5.74) is 11.0. The molecule has 0 aromatic carbocycles. The second kappa shape index (κ2) is 13.9. The average molecular weight is 462 g/mol. The molecule has 0 aliphatic carbocycles. The van der Waals surface area contributed by atoms with Crippen molar-refractivity contribution >= 4 is 42.2 Å². The third-order valence-electron chi connectivity index (χ3n) is 4.69. The molecular formula is C19H35N5O6S. The molecule has 5 atom stereocenters. The molecule has 178 valence electrons. The number of nitrogens with one attached hydrogen (secondary N) is 3. The fourth-order valence-electron chi connectivity index (χ4n) is 2.71. The van der Waals surface area contributed by atoms with Crippen LogP contribution in [-0.4, -0.2) is 64.6 Å². The predicted molar refractivity (Wildman–Crippen MR) is 118 cm³/mol. The molecule has 8 N–H and O–H groups in total. The maximum absolute atomic E-state index is 12.6. The van der Waals surface area contributed by atoms with Gasteiger partial charge < -0.3 is 32.5 Å². The van der Waals surface area contributed by atoms with Crippen molar-refractivity contribution in [1.29, 1.82) is 0 Å². The van der Waals surface area contributed by atoms with Gasteiger partial charge in [0.15, 0.2) is 0 Å². The Balaban J connectivity index is 5.32. The Morgan fingerprint density at radius 2 is 1.45 bits per heavy atom. The summed E-state index contributed by atoms with van der Waals surface area (Å²) in [6.45, 7) is 7.20. The van der Waals surface area contributed by atoms with Gasteiger partial charge in [0.05, 0.1) is 12.5 Å². The first-order valence-electron chi connectivity index (χ1n) is 10.1. The summed E-state index contributed by atoms with van der Waals surface area (Å²) in [5.74, 6) is -4.65. The smallest absolute Gasteiger partial charge is 0.326 e. The van der Waals surface area contributed by atoms with Gasteiger partial charge in [-0.05, 0) is 18.3 Å². The summed E-state index contributed by atoms with van der Waals surface area (Å²) in [6.07, 6.45) is 0.338. The molecule has 0 bridgehead atoms. The minimum atomic E-state index is -1.42. The van der Waals surface area contributed by atoms with Crippen molar-refractivity contribution in [2.75, 3.05) is 5.75 Å². The van der Waals surface area contributed by atoms with Gasteiger partial charge in [-0.1, -0.05) is 34.1 Å². The van der Waals surface area contributed by atoms with Crippen LogP contribution in [0.4, 0.5) is 0 Å². The monoisotopic (exact) mass is 461 g/mol. The van der Waals surface area contributed by atoms with Gasteiger partial charge in [-0.3, -0.25) is 19.2 Å². The highest BCUT2D eigenvalue weighted by Gasteiger charge is 2.32. The molecule has 0 aliphatic rings. The van der Waals surface area contributed by atoms with E-state index >= 15 is 0 Å². The third-order valence-corrected chi connectivity index (χ3v) is 5.06. The Morgan fingerprint density at radius 1 is 0.935 bits per heavy atom. The number of hydrogen-bond donors (Lipinski definition) is 7. The van der Waals surface area contributed by atoms with Crippen molar-refractivity contribution in [2.45, 2.75) is 71.1 Å². The van der Waals surface area contributed by atoms with E-state index in [4.69, 9.17) is 11.5 Å². The van der Waals surface area contributed by atoms with Crippen molar-refractivity contribution in [3.63, 3.8) is 0 Å². The summed E-state index contributed by atoms with van der Waals surface area (Å²) >= 11 is 4.05. The van der Waals surface area contributed by atoms with E-state index in [1.807, 2.05) is 13.8 Å². The number of carboxylic acid groups (broad SMARTS) is 1. The van der Waals surface area contributed by atoms with Gasteiger partial charge in [-0.15, -0.1) is 0 Å². The number of amides is 4. The van der Waals surface area contributed by atoms with E-state index in [1.165, 1.54) is 0 Å². The summed E-state index contributed by atoms with van der Waals surface area (Å²) in [6, 6.07) is -4.58. The van der Waals surface area contributed by atoms with Crippen LogP contribution >= 0.6 is 12.6 Å². The van der Waals surface area contributed by atoms with Crippen LogP contribution in [0.5, 0.6) is 0 Å². The van der Waals surface area contributed by atoms with Crippen molar-refractivity contribution < 1.29 is 29.1 Å². The van der Waals surface area contributed by atoms with Gasteiger partial charge in [-0.25, -0.2) is 4.79 Å². The van der Waals surface area contributed by atoms with E-state index in [0.717, 1.165) is 0 Å². The number of hydrogen-bond acceptors (Lipinski definition) is 7. The minimum absolute atomic E-state index is 0.0957. The fourth-order valence-corrected chi connectivity index (χ4v) is 2.96. The minimum Gasteiger partial charge on any atom is -0.480 e. The second-order valence-electron chi connectivity index (χ2n) is 7.92. The molecule has 0 saturated heterocycles. The molecule has 12 heteroatoms. The lowest BCUT2D eigenvalue weighted by Crippen LogP contribution is -2.58. The van der Waals surface area contributed by atoms with Gasteiger partial charge in [0.2, 0.25) is 23.6 Å². The van der Waals surface area contributed by atoms with Crippen molar-refractivity contribution in [2.24, 2.45) is 23.3 Å². The Morgan fingerprint density at radius 3 is 1.87 bits per heavy atom. The maximum Gasteiger partial charge on any atom is 0.326 e. The molecule has 5 unspecified atom stereocenters. The Kier molecular flexibility index (Phi) is 12.8. The molecule has 0 saturated carbocycles. The number of primary amides is 1. The molecule has 0 fully saturated rings. The van der Waals surface area contributed by atoms with E-state index in [9.17, 15) is 29.1 Å². The summed E-state index contributed by atoms with van der Waals surface area (Å²) in [4.78, 5) is 60.2. The average Bonchev–Trinajstić information content (AvgIpc) is 2.67. The Bertz CT molecular complexity index is 660. The molecule has 0 radical (unpaired) electrons. The zero-order valence-electron chi connectivity index (χ0n) is 18.4. The van der Waals surface area contributed by atoms with E-state index in [2.05, 4.69) is 28.6 Å². The number of thiol groups is 1. The molecule has 0 rings (SSSR count). The van der Waals surface area contributed by atoms with Crippen LogP contribution in [0.2, 0.25) is 0 Å². The van der Waals surface area contributed by atoms with Crippen molar-refractivity contribution in [3.8, 4) is 0 Å². The van der Waals surface area contributed by atoms with Gasteiger partial charge >= 0.3 is 5.97 Å². The number of carbonyl (C=O) groups excluding carboxylic acids is 4. The molecule has 0 spiro atoms. The first-order valence-corrected chi connectivity index (χ1v) is 10.8. The van der Waals surface area contributed by atoms with Crippen molar-refractivity contribution in [1.82, 2.24) is 16.0 Å². The normalized spacial score (nSPS) is 15.8. The zero-order valence-corrected chi connectivity index (χ0v) is 19.3. The van der Waals surface area contributed by atoms with Gasteiger partial charge in [0, 0.05) is 5.75 Å². The SMILES string of the molecule is CCC(C)C(NC(=O)C(CC(N)=O)NC(=O)C(CS)NC(=O)C(N)CC(C)C)C(=O)O. The van der Waals surface area contributed by atoms with Crippen molar-refractivity contribution in [3.05, 3.63) is 0 Å². The lowest BCUT2D eigenvalue weighted by atomic mass is 9.98. The number of rotatable bonds is 14. The molecule has 0 heterocycles. The topological polar surface area (TPSA) is 194 Å². The Hall–Kier alpha value is -2.34. The molecule has 4 amide bonds. The van der Waals surface area contributed by atoms with Crippen LogP contribution in [0.15, 0.2) is 0 Å². The molecule has 0 aromatic rings. The highest BCUT2D eigenvalue weighted by atomic mass is 32.1. The van der Waals surface area contributed by atoms with Gasteiger partial charge in [0.1, 0.15) is 18.1 Å². The van der Waals surface area contributed by atoms with E-state index < -0.39 is 66.1 Å².